The van der Waals surface area contributed by atoms with Crippen molar-refractivity contribution in [1.29, 1.82) is 0 Å². The van der Waals surface area contributed by atoms with E-state index in [1.54, 1.807) is 0 Å². The minimum absolute atomic E-state index is 0.00874. The third kappa shape index (κ3) is 5.01. The number of aliphatic hydroxyl groups excluding tert-OH is 1. The van der Waals surface area contributed by atoms with Crippen molar-refractivity contribution in [2.45, 2.75) is 25.7 Å². The predicted molar refractivity (Wildman–Crippen MR) is 60.8 cm³/mol. The first-order valence-electron chi connectivity index (χ1n) is 5.20. The first-order chi connectivity index (χ1) is 7.33. The lowest BCUT2D eigenvalue weighted by Crippen LogP contribution is -1.93. The number of ketones is 1. The number of hydrogen-bond donors (Lipinski definition) is 1. The molecule has 0 fully saturated rings. The Bertz CT molecular complexity index is 315. The van der Waals surface area contributed by atoms with Gasteiger partial charge in [0, 0.05) is 12.5 Å². The van der Waals surface area contributed by atoms with Crippen molar-refractivity contribution in [1.82, 2.24) is 0 Å². The highest BCUT2D eigenvalue weighted by Crippen LogP contribution is 2.06. The van der Waals surface area contributed by atoms with Gasteiger partial charge >= 0.3 is 0 Å². The van der Waals surface area contributed by atoms with Crippen LogP contribution in [0, 0.1) is 0 Å². The Kier molecular flexibility index (Phi) is 5.23. The van der Waals surface area contributed by atoms with Crippen LogP contribution in [0.4, 0.5) is 0 Å². The number of aliphatic hydroxyl groups is 1. The van der Waals surface area contributed by atoms with Gasteiger partial charge in [-0.1, -0.05) is 30.3 Å². The van der Waals surface area contributed by atoms with Crippen molar-refractivity contribution in [3.8, 4) is 0 Å². The highest BCUT2D eigenvalue weighted by molar-refractivity contribution is 5.89. The number of rotatable bonds is 6. The first kappa shape index (κ1) is 11.5. The molecular weight excluding hydrogens is 188 g/mol. The van der Waals surface area contributed by atoms with E-state index in [-0.39, 0.29) is 5.78 Å². The molecular formula is C13H16O2. The van der Waals surface area contributed by atoms with Crippen molar-refractivity contribution in [2.24, 2.45) is 0 Å². The molecule has 1 aromatic carbocycles. The Labute approximate surface area is 90.3 Å². The Morgan fingerprint density at radius 3 is 2.60 bits per heavy atom. The molecule has 0 unspecified atom stereocenters. The standard InChI is InChI=1S/C13H16O2/c14-11-10-13(15)9-5-4-8-12-6-2-1-3-7-12/h1-3,6-7,10-11,14H,4-5,8-9H2/b11-10+. The minimum Gasteiger partial charge on any atom is -0.515 e. The second kappa shape index (κ2) is 6.82. The normalized spacial score (nSPS) is 10.7. The summed E-state index contributed by atoms with van der Waals surface area (Å²) in [5, 5.41) is 8.37. The van der Waals surface area contributed by atoms with E-state index in [4.69, 9.17) is 5.11 Å². The van der Waals surface area contributed by atoms with Gasteiger partial charge in [0.25, 0.3) is 0 Å². The van der Waals surface area contributed by atoms with Gasteiger partial charge in [-0.25, -0.2) is 0 Å². The summed E-state index contributed by atoms with van der Waals surface area (Å²) in [5.41, 5.74) is 1.31. The van der Waals surface area contributed by atoms with Gasteiger partial charge in [0.15, 0.2) is 5.78 Å². The van der Waals surface area contributed by atoms with Gasteiger partial charge in [-0.05, 0) is 24.8 Å². The SMILES string of the molecule is O=C(/C=C/O)CCCCc1ccccc1. The van der Waals surface area contributed by atoms with Gasteiger partial charge in [0.2, 0.25) is 0 Å². The van der Waals surface area contributed by atoms with Crippen LogP contribution >= 0.6 is 0 Å². The summed E-state index contributed by atoms with van der Waals surface area (Å²) in [7, 11) is 0. The summed E-state index contributed by atoms with van der Waals surface area (Å²) < 4.78 is 0. The van der Waals surface area contributed by atoms with Crippen LogP contribution in [0.2, 0.25) is 0 Å². The van der Waals surface area contributed by atoms with Crippen molar-refractivity contribution >= 4 is 5.78 Å². The number of carbonyl (C=O) groups excluding carboxylic acids is 1. The molecule has 0 aliphatic rings. The van der Waals surface area contributed by atoms with Crippen LogP contribution in [0.15, 0.2) is 42.7 Å². The molecule has 1 N–H and O–H groups in total. The van der Waals surface area contributed by atoms with Gasteiger partial charge in [-0.3, -0.25) is 4.79 Å². The highest BCUT2D eigenvalue weighted by atomic mass is 16.2. The summed E-state index contributed by atoms with van der Waals surface area (Å²) >= 11 is 0. The number of carbonyl (C=O) groups is 1. The van der Waals surface area contributed by atoms with E-state index in [0.29, 0.717) is 6.42 Å². The molecule has 1 rings (SSSR count). The number of hydrogen-bond acceptors (Lipinski definition) is 2. The molecule has 2 nitrogen and oxygen atoms in total. The summed E-state index contributed by atoms with van der Waals surface area (Å²) in [6.45, 7) is 0. The van der Waals surface area contributed by atoms with Crippen molar-refractivity contribution in [3.63, 3.8) is 0 Å². The molecule has 0 aliphatic heterocycles. The smallest absolute Gasteiger partial charge is 0.158 e. The molecule has 0 bridgehead atoms. The van der Waals surface area contributed by atoms with Gasteiger partial charge in [-0.2, -0.15) is 0 Å². The van der Waals surface area contributed by atoms with E-state index in [1.165, 1.54) is 11.6 Å². The Hall–Kier alpha value is -1.57. The molecule has 0 spiro atoms. The van der Waals surface area contributed by atoms with Crippen molar-refractivity contribution in [2.75, 3.05) is 0 Å². The molecule has 0 aliphatic carbocycles. The average Bonchev–Trinajstić information content (AvgIpc) is 2.26. The monoisotopic (exact) mass is 204 g/mol. The van der Waals surface area contributed by atoms with Gasteiger partial charge in [0.1, 0.15) is 0 Å². The van der Waals surface area contributed by atoms with E-state index in [2.05, 4.69) is 12.1 Å². The fraction of sp³-hybridized carbons (Fsp3) is 0.308. The topological polar surface area (TPSA) is 37.3 Å². The fourth-order valence-electron chi connectivity index (χ4n) is 1.44. The zero-order chi connectivity index (χ0) is 10.9. The van der Waals surface area contributed by atoms with Gasteiger partial charge < -0.3 is 5.11 Å². The molecule has 0 saturated heterocycles. The molecule has 0 aromatic heterocycles. The zero-order valence-electron chi connectivity index (χ0n) is 8.73. The predicted octanol–water partition coefficient (Wildman–Crippen LogP) is 3.04. The van der Waals surface area contributed by atoms with E-state index in [0.717, 1.165) is 25.5 Å². The molecule has 0 radical (unpaired) electrons. The quantitative estimate of drug-likeness (QED) is 0.439. The van der Waals surface area contributed by atoms with Crippen molar-refractivity contribution < 1.29 is 9.90 Å². The second-order valence-electron chi connectivity index (χ2n) is 3.47. The van der Waals surface area contributed by atoms with Gasteiger partial charge in [0.05, 0.1) is 6.26 Å². The molecule has 0 atom stereocenters. The van der Waals surface area contributed by atoms with Crippen LogP contribution in [0.25, 0.3) is 0 Å². The molecule has 2 heteroatoms. The largest absolute Gasteiger partial charge is 0.515 e. The maximum absolute atomic E-state index is 11.0. The van der Waals surface area contributed by atoms with E-state index < -0.39 is 0 Å². The van der Waals surface area contributed by atoms with Crippen LogP contribution in [-0.2, 0) is 11.2 Å². The number of benzene rings is 1. The second-order valence-corrected chi connectivity index (χ2v) is 3.47. The Morgan fingerprint density at radius 2 is 1.93 bits per heavy atom. The van der Waals surface area contributed by atoms with Crippen LogP contribution in [-0.4, -0.2) is 10.9 Å². The molecule has 15 heavy (non-hydrogen) atoms. The molecule has 80 valence electrons. The lowest BCUT2D eigenvalue weighted by Gasteiger charge is -1.99. The lowest BCUT2D eigenvalue weighted by atomic mass is 10.1. The molecule has 0 saturated carbocycles. The molecule has 0 amide bonds. The van der Waals surface area contributed by atoms with Gasteiger partial charge in [-0.15, -0.1) is 0 Å². The zero-order valence-corrected chi connectivity index (χ0v) is 8.73. The summed E-state index contributed by atoms with van der Waals surface area (Å²) in [4.78, 5) is 11.0. The third-order valence-corrected chi connectivity index (χ3v) is 2.24. The van der Waals surface area contributed by atoms with Crippen LogP contribution in [0.1, 0.15) is 24.8 Å². The maximum Gasteiger partial charge on any atom is 0.158 e. The van der Waals surface area contributed by atoms with Crippen LogP contribution < -0.4 is 0 Å². The third-order valence-electron chi connectivity index (χ3n) is 2.24. The molecule has 1 aromatic rings. The fourth-order valence-corrected chi connectivity index (χ4v) is 1.44. The highest BCUT2D eigenvalue weighted by Gasteiger charge is 1.97. The Balaban J connectivity index is 2.15. The number of allylic oxidation sites excluding steroid dienone is 1. The van der Waals surface area contributed by atoms with E-state index in [9.17, 15) is 4.79 Å². The summed E-state index contributed by atoms with van der Waals surface area (Å²) in [6.07, 6.45) is 5.43. The van der Waals surface area contributed by atoms with Crippen LogP contribution in [0.3, 0.4) is 0 Å². The van der Waals surface area contributed by atoms with Crippen molar-refractivity contribution in [3.05, 3.63) is 48.2 Å². The number of unbranched alkanes of at least 4 members (excludes halogenated alkanes) is 1. The average molecular weight is 204 g/mol. The lowest BCUT2D eigenvalue weighted by molar-refractivity contribution is -0.114. The summed E-state index contributed by atoms with van der Waals surface area (Å²) in [6, 6.07) is 10.2. The maximum atomic E-state index is 11.0. The summed E-state index contributed by atoms with van der Waals surface area (Å²) in [5.74, 6) is -0.00874. The molecule has 0 heterocycles. The first-order valence-corrected chi connectivity index (χ1v) is 5.20. The Morgan fingerprint density at radius 1 is 1.20 bits per heavy atom. The number of aryl methyl sites for hydroxylation is 1. The van der Waals surface area contributed by atoms with E-state index in [1.807, 2.05) is 18.2 Å². The van der Waals surface area contributed by atoms with E-state index >= 15 is 0 Å². The minimum atomic E-state index is -0.00874. The van der Waals surface area contributed by atoms with Crippen LogP contribution in [0.5, 0.6) is 0 Å².